The normalized spacial score (nSPS) is 17.0. The summed E-state index contributed by atoms with van der Waals surface area (Å²) in [5.74, 6) is 0.703. The molecule has 0 bridgehead atoms. The van der Waals surface area contributed by atoms with Gasteiger partial charge in [-0.15, -0.1) is 0 Å². The quantitative estimate of drug-likeness (QED) is 0.799. The summed E-state index contributed by atoms with van der Waals surface area (Å²) in [6.07, 6.45) is 0.694. The second kappa shape index (κ2) is 4.97. The fourth-order valence-electron chi connectivity index (χ4n) is 2.93. The summed E-state index contributed by atoms with van der Waals surface area (Å²) in [5.41, 5.74) is 4.84. The highest BCUT2D eigenvalue weighted by Gasteiger charge is 2.34. The molecule has 3 rings (SSSR count). The van der Waals surface area contributed by atoms with Crippen molar-refractivity contribution in [2.45, 2.75) is 6.42 Å². The van der Waals surface area contributed by atoms with E-state index in [4.69, 9.17) is 4.74 Å². The molecular weight excluding hydrogens is 264 g/mol. The molecule has 0 spiro atoms. The van der Waals surface area contributed by atoms with E-state index in [1.165, 1.54) is 0 Å². The maximum atomic E-state index is 12.5. The number of ketones is 1. The molecule has 2 aliphatic rings. The Morgan fingerprint density at radius 3 is 2.81 bits per heavy atom. The predicted molar refractivity (Wildman–Crippen MR) is 84.6 cm³/mol. The molecule has 0 unspecified atom stereocenters. The van der Waals surface area contributed by atoms with Gasteiger partial charge in [-0.2, -0.15) is 0 Å². The third-order valence-electron chi connectivity index (χ3n) is 3.80. The SMILES string of the molecule is C=C1C(=O)C2=C(CC(CN(C)C)=N2)c2c(OC)cccc21. The van der Waals surface area contributed by atoms with E-state index in [2.05, 4.69) is 16.5 Å². The standard InChI is InChI=1S/C17H18N2O2/c1-10-12-6-5-7-14(21-4)15(12)13-8-11(9-19(2)3)18-16(13)17(10)20/h5-7H,1,8-9H2,2-4H3. The molecule has 0 aromatic heterocycles. The van der Waals surface area contributed by atoms with Gasteiger partial charge in [0.25, 0.3) is 0 Å². The lowest BCUT2D eigenvalue weighted by molar-refractivity contribution is -0.110. The average Bonchev–Trinajstić information content (AvgIpc) is 2.86. The number of hydrogen-bond acceptors (Lipinski definition) is 4. The van der Waals surface area contributed by atoms with Gasteiger partial charge in [0.05, 0.1) is 7.11 Å². The molecule has 1 aromatic rings. The molecule has 0 radical (unpaired) electrons. The van der Waals surface area contributed by atoms with Gasteiger partial charge in [-0.05, 0) is 31.3 Å². The first-order valence-corrected chi connectivity index (χ1v) is 6.88. The minimum atomic E-state index is -0.0699. The smallest absolute Gasteiger partial charge is 0.211 e. The van der Waals surface area contributed by atoms with Gasteiger partial charge in [-0.3, -0.25) is 9.79 Å². The van der Waals surface area contributed by atoms with Crippen LogP contribution in [0.1, 0.15) is 17.5 Å². The molecule has 4 heteroatoms. The van der Waals surface area contributed by atoms with Crippen LogP contribution in [0.4, 0.5) is 0 Å². The van der Waals surface area contributed by atoms with Crippen LogP contribution in [0, 0.1) is 0 Å². The van der Waals surface area contributed by atoms with E-state index in [-0.39, 0.29) is 5.78 Å². The zero-order chi connectivity index (χ0) is 15.1. The van der Waals surface area contributed by atoms with Crippen molar-refractivity contribution in [3.63, 3.8) is 0 Å². The second-order valence-electron chi connectivity index (χ2n) is 5.61. The van der Waals surface area contributed by atoms with E-state index >= 15 is 0 Å². The maximum Gasteiger partial charge on any atom is 0.211 e. The lowest BCUT2D eigenvalue weighted by atomic mass is 9.84. The third kappa shape index (κ3) is 2.12. The van der Waals surface area contributed by atoms with Crippen LogP contribution in [-0.4, -0.2) is 44.1 Å². The van der Waals surface area contributed by atoms with Crippen molar-refractivity contribution in [3.05, 3.63) is 41.6 Å². The van der Waals surface area contributed by atoms with Crippen molar-refractivity contribution in [1.29, 1.82) is 0 Å². The number of Topliss-reactive ketones (excluding diaryl/α,β-unsaturated/α-hetero) is 1. The first kappa shape index (κ1) is 13.8. The van der Waals surface area contributed by atoms with Gasteiger partial charge >= 0.3 is 0 Å². The van der Waals surface area contributed by atoms with Crippen LogP contribution in [-0.2, 0) is 4.79 Å². The molecule has 0 amide bonds. The molecule has 1 aliphatic heterocycles. The summed E-state index contributed by atoms with van der Waals surface area (Å²) >= 11 is 0. The molecule has 21 heavy (non-hydrogen) atoms. The van der Waals surface area contributed by atoms with Crippen LogP contribution in [0.5, 0.6) is 5.75 Å². The summed E-state index contributed by atoms with van der Waals surface area (Å²) in [6, 6.07) is 5.72. The summed E-state index contributed by atoms with van der Waals surface area (Å²) in [7, 11) is 5.63. The molecule has 0 saturated carbocycles. The molecule has 0 atom stereocenters. The van der Waals surface area contributed by atoms with E-state index in [0.717, 1.165) is 34.7 Å². The molecule has 108 valence electrons. The van der Waals surface area contributed by atoms with Gasteiger partial charge in [-0.25, -0.2) is 0 Å². The minimum absolute atomic E-state index is 0.0699. The number of ether oxygens (including phenoxy) is 1. The van der Waals surface area contributed by atoms with Crippen LogP contribution in [0.25, 0.3) is 11.1 Å². The summed E-state index contributed by atoms with van der Waals surface area (Å²) in [6.45, 7) is 4.69. The molecule has 1 aromatic carbocycles. The lowest BCUT2D eigenvalue weighted by Crippen LogP contribution is -2.20. The minimum Gasteiger partial charge on any atom is -0.496 e. The van der Waals surface area contributed by atoms with E-state index in [1.54, 1.807) is 7.11 Å². The van der Waals surface area contributed by atoms with Crippen molar-refractivity contribution in [2.24, 2.45) is 4.99 Å². The van der Waals surface area contributed by atoms with E-state index in [1.807, 2.05) is 32.3 Å². The molecule has 4 nitrogen and oxygen atoms in total. The molecule has 0 saturated heterocycles. The monoisotopic (exact) mass is 282 g/mol. The number of allylic oxidation sites excluding steroid dienone is 2. The Bertz CT molecular complexity index is 712. The zero-order valence-electron chi connectivity index (χ0n) is 12.6. The number of hydrogen-bond donors (Lipinski definition) is 0. The van der Waals surface area contributed by atoms with Gasteiger partial charge < -0.3 is 9.64 Å². The van der Waals surface area contributed by atoms with Gasteiger partial charge in [-0.1, -0.05) is 18.7 Å². The van der Waals surface area contributed by atoms with Crippen molar-refractivity contribution in [1.82, 2.24) is 4.90 Å². The number of rotatable bonds is 3. The Balaban J connectivity index is 2.12. The average molecular weight is 282 g/mol. The number of fused-ring (bicyclic) bond motifs is 2. The lowest BCUT2D eigenvalue weighted by Gasteiger charge is -2.21. The Kier molecular flexibility index (Phi) is 3.26. The summed E-state index contributed by atoms with van der Waals surface area (Å²) < 4.78 is 5.47. The number of methoxy groups -OCH3 is 1. The first-order valence-electron chi connectivity index (χ1n) is 6.88. The van der Waals surface area contributed by atoms with Gasteiger partial charge in [0, 0.05) is 29.8 Å². The Morgan fingerprint density at radius 1 is 1.38 bits per heavy atom. The Hall–Kier alpha value is -2.20. The molecule has 1 heterocycles. The predicted octanol–water partition coefficient (Wildman–Crippen LogP) is 2.41. The van der Waals surface area contributed by atoms with Crippen LogP contribution >= 0.6 is 0 Å². The van der Waals surface area contributed by atoms with Crippen molar-refractivity contribution in [2.75, 3.05) is 27.7 Å². The van der Waals surface area contributed by atoms with Gasteiger partial charge in [0.2, 0.25) is 5.78 Å². The van der Waals surface area contributed by atoms with Gasteiger partial charge in [0.15, 0.2) is 0 Å². The molecular formula is C17H18N2O2. The third-order valence-corrected chi connectivity index (χ3v) is 3.80. The second-order valence-corrected chi connectivity index (χ2v) is 5.61. The largest absolute Gasteiger partial charge is 0.496 e. The number of carbonyl (C=O) groups excluding carboxylic acids is 1. The Labute approximate surface area is 124 Å². The first-order chi connectivity index (χ1) is 10.0. The number of carbonyl (C=O) groups is 1. The summed E-state index contributed by atoms with van der Waals surface area (Å²) in [4.78, 5) is 19.1. The highest BCUT2D eigenvalue weighted by Crippen LogP contribution is 2.44. The van der Waals surface area contributed by atoms with Crippen molar-refractivity contribution >= 4 is 22.6 Å². The van der Waals surface area contributed by atoms with Crippen LogP contribution in [0.3, 0.4) is 0 Å². The Morgan fingerprint density at radius 2 is 2.14 bits per heavy atom. The fourth-order valence-corrected chi connectivity index (χ4v) is 2.93. The van der Waals surface area contributed by atoms with E-state index < -0.39 is 0 Å². The van der Waals surface area contributed by atoms with Crippen molar-refractivity contribution in [3.8, 4) is 5.75 Å². The molecule has 0 N–H and O–H groups in total. The molecule has 0 fully saturated rings. The van der Waals surface area contributed by atoms with E-state index in [0.29, 0.717) is 17.7 Å². The van der Waals surface area contributed by atoms with E-state index in [9.17, 15) is 4.79 Å². The summed E-state index contributed by atoms with van der Waals surface area (Å²) in [5, 5.41) is 0. The van der Waals surface area contributed by atoms with Crippen molar-refractivity contribution < 1.29 is 9.53 Å². The number of aliphatic imine (C=N–C) groups is 1. The zero-order valence-corrected chi connectivity index (χ0v) is 12.6. The number of nitrogens with zero attached hydrogens (tertiary/aromatic N) is 2. The topological polar surface area (TPSA) is 41.9 Å². The highest BCUT2D eigenvalue weighted by atomic mass is 16.5. The van der Waals surface area contributed by atoms with Gasteiger partial charge in [0.1, 0.15) is 11.4 Å². The maximum absolute atomic E-state index is 12.5. The van der Waals surface area contributed by atoms with Crippen LogP contribution in [0.2, 0.25) is 0 Å². The fraction of sp³-hybridized carbons (Fsp3) is 0.294. The molecule has 1 aliphatic carbocycles. The van der Waals surface area contributed by atoms with Crippen LogP contribution < -0.4 is 4.74 Å². The highest BCUT2D eigenvalue weighted by molar-refractivity contribution is 6.35. The number of benzene rings is 1. The van der Waals surface area contributed by atoms with Crippen LogP contribution in [0.15, 0.2) is 35.5 Å².